The summed E-state index contributed by atoms with van der Waals surface area (Å²) in [5.41, 5.74) is -2.16. The summed E-state index contributed by atoms with van der Waals surface area (Å²) in [6.45, 7) is 22.8. The Morgan fingerprint density at radius 1 is 0.528 bits per heavy atom. The van der Waals surface area contributed by atoms with Crippen molar-refractivity contribution in [1.29, 1.82) is 10.5 Å². The maximum atomic E-state index is 17.4. The second kappa shape index (κ2) is 20.7. The molecule has 3 aromatic carbocycles. The van der Waals surface area contributed by atoms with Gasteiger partial charge in [0.25, 0.3) is 11.4 Å². The standard InChI is InChI=1S/C64H30F6N6O6S7/c1-63(2)31-17-43(85-57(31)62-42(82-63)20-46(88-62)60-40(80-8)12-24(84-60)10-30-48(38(22-72)74-6)26-14-34(66)36(68)16-28(26)56(30)78)49-51(69)52(70)50(54-53(49)75-89-76-54)44-19-41-61(86-44)58-32(64(3,4)81-41)18-45(87-58)59-39(79-7)11-23(83-59)9-29-47(37(21-71)73-5)25-13-33(65)35(67)15-27(25)55(29)77/h9-20H,1-4,7-8H3/b29-9-,30-10-,47-37+,48-38-. The van der Waals surface area contributed by atoms with Crippen molar-refractivity contribution in [3.05, 3.63) is 184 Å². The first-order valence-corrected chi connectivity index (χ1v) is 31.7. The van der Waals surface area contributed by atoms with Gasteiger partial charge in [-0.1, -0.05) is 0 Å². The van der Waals surface area contributed by atoms with E-state index < -0.39 is 69.1 Å². The number of carbonyl (C=O) groups is 2. The zero-order chi connectivity index (χ0) is 62.6. The van der Waals surface area contributed by atoms with Crippen LogP contribution in [0, 0.1) is 70.7 Å². The number of ether oxygens (including phenoxy) is 4. The summed E-state index contributed by atoms with van der Waals surface area (Å²) >= 11 is 8.46. The van der Waals surface area contributed by atoms with Gasteiger partial charge in [-0.25, -0.2) is 46.6 Å². The fourth-order valence-electron chi connectivity index (χ4n) is 11.4. The molecule has 2 aliphatic heterocycles. The average Bonchev–Trinajstić information content (AvgIpc) is 2.71. The quantitative estimate of drug-likeness (QED) is 0.0622. The van der Waals surface area contributed by atoms with Crippen LogP contribution in [0.5, 0.6) is 23.0 Å². The fraction of sp³-hybridized carbons (Fsp3) is 0.125. The van der Waals surface area contributed by atoms with Crippen LogP contribution in [-0.2, 0) is 11.2 Å². The van der Waals surface area contributed by atoms with Gasteiger partial charge in [-0.05, 0) is 106 Å². The number of hydrogen-bond donors (Lipinski definition) is 0. The Labute approximate surface area is 528 Å². The molecule has 0 atom stereocenters. The van der Waals surface area contributed by atoms with Gasteiger partial charge in [0.15, 0.2) is 46.5 Å². The number of fused-ring (bicyclic) bond motifs is 9. The smallest absolute Gasteiger partial charge is 0.270 e. The van der Waals surface area contributed by atoms with Crippen molar-refractivity contribution >= 4 is 126 Å². The molecule has 0 radical (unpaired) electrons. The number of allylic oxidation sites excluding steroid dienone is 6. The number of halogens is 6. The molecule has 0 saturated carbocycles. The molecule has 14 rings (SSSR count). The van der Waals surface area contributed by atoms with Gasteiger partial charge in [0.2, 0.25) is 0 Å². The molecule has 89 heavy (non-hydrogen) atoms. The predicted molar refractivity (Wildman–Crippen MR) is 333 cm³/mol. The maximum Gasteiger partial charge on any atom is 0.270 e. The SMILES string of the molecule is [C-]#[N+]/C(C#N)=C1\C(=C\c2cc(OC)c(-c3cc4c(s3)-c3sc(-c5c(F)c(F)c(-c6cc7c(s6)-c6sc(-c8sc(/C=C9\C(=O)c%10cc(F)c(F)cc%10\C9=C(\C#N)[N+]#[C-])cc8OC)cc6C(C)(C)O7)c6nsnc56)cc3C(C)(C)O4)s2)C(=O)c2cc(F)c(F)cc21. The molecule has 0 N–H and O–H groups in total. The van der Waals surface area contributed by atoms with E-state index in [2.05, 4.69) is 18.4 Å². The number of nitriles is 2. The number of hydrogen-bond acceptors (Lipinski definition) is 17. The van der Waals surface area contributed by atoms with Crippen molar-refractivity contribution < 1.29 is 54.9 Å². The summed E-state index contributed by atoms with van der Waals surface area (Å²) in [7, 11) is 2.94. The Bertz CT molecular complexity index is 5230. The van der Waals surface area contributed by atoms with Gasteiger partial charge in [-0.15, -0.1) is 68.0 Å². The molecule has 25 heteroatoms. The van der Waals surface area contributed by atoms with Crippen LogP contribution in [-0.4, -0.2) is 34.5 Å². The number of methoxy groups -OCH3 is 2. The highest BCUT2D eigenvalue weighted by atomic mass is 32.1. The van der Waals surface area contributed by atoms with Crippen molar-refractivity contribution in [2.75, 3.05) is 14.2 Å². The van der Waals surface area contributed by atoms with Crippen LogP contribution in [0.15, 0.2) is 83.2 Å². The Kier molecular flexibility index (Phi) is 13.3. The highest BCUT2D eigenvalue weighted by molar-refractivity contribution is 7.29. The molecule has 0 amide bonds. The highest BCUT2D eigenvalue weighted by Crippen LogP contribution is 2.61. The molecule has 436 valence electrons. The summed E-state index contributed by atoms with van der Waals surface area (Å²) in [4.78, 5) is 41.3. The largest absolute Gasteiger partial charge is 0.495 e. The molecular weight excluding hydrogens is 1290 g/mol. The molecule has 12 nitrogen and oxygen atoms in total. The molecule has 0 fully saturated rings. The third kappa shape index (κ3) is 8.70. The number of rotatable bonds is 8. The molecular formula is C64H30F6N6O6S7. The monoisotopic (exact) mass is 1320 g/mol. The number of Topliss-reactive ketones (excluding diaryl/α,β-unsaturated/α-hetero) is 2. The summed E-state index contributed by atoms with van der Waals surface area (Å²) < 4.78 is 127. The number of ketones is 2. The normalized spacial score (nSPS) is 16.8. The van der Waals surface area contributed by atoms with Crippen LogP contribution in [0.3, 0.4) is 0 Å². The third-order valence-corrected chi connectivity index (χ3v) is 23.2. The zero-order valence-corrected chi connectivity index (χ0v) is 51.9. The van der Waals surface area contributed by atoms with Crippen molar-refractivity contribution in [3.8, 4) is 95.0 Å². The van der Waals surface area contributed by atoms with Crippen LogP contribution in [0.25, 0.3) is 104 Å². The molecule has 0 saturated heterocycles. The van der Waals surface area contributed by atoms with Gasteiger partial charge in [0.05, 0.1) is 96.5 Å². The number of benzene rings is 3. The first kappa shape index (κ1) is 57.5. The third-order valence-electron chi connectivity index (χ3n) is 15.4. The summed E-state index contributed by atoms with van der Waals surface area (Å²) in [5.74, 6) is -6.90. The lowest BCUT2D eigenvalue weighted by Gasteiger charge is -2.31. The van der Waals surface area contributed by atoms with Crippen molar-refractivity contribution in [2.45, 2.75) is 38.9 Å². The number of aromatic nitrogens is 2. The lowest BCUT2D eigenvalue weighted by molar-refractivity contribution is 0.103. The van der Waals surface area contributed by atoms with Crippen molar-refractivity contribution in [3.63, 3.8) is 0 Å². The molecule has 0 spiro atoms. The summed E-state index contributed by atoms with van der Waals surface area (Å²) in [5, 5.41) is 19.7. The lowest BCUT2D eigenvalue weighted by atomic mass is 9.94. The summed E-state index contributed by atoms with van der Waals surface area (Å²) in [6, 6.07) is 17.3. The zero-order valence-electron chi connectivity index (χ0n) is 46.2. The van der Waals surface area contributed by atoms with Gasteiger partial charge >= 0.3 is 0 Å². The molecule has 10 aromatic rings. The Balaban J connectivity index is 0.806. The average molecular weight is 1320 g/mol. The van der Waals surface area contributed by atoms with E-state index in [1.807, 2.05) is 39.8 Å². The minimum absolute atomic E-state index is 0.0650. The van der Waals surface area contributed by atoms with Gasteiger partial charge in [0, 0.05) is 75.0 Å². The topological polar surface area (TPSA) is 153 Å². The predicted octanol–water partition coefficient (Wildman–Crippen LogP) is 19.0. The summed E-state index contributed by atoms with van der Waals surface area (Å²) in [6.07, 6.45) is 2.92. The van der Waals surface area contributed by atoms with Crippen molar-refractivity contribution in [1.82, 2.24) is 8.75 Å². The highest BCUT2D eigenvalue weighted by Gasteiger charge is 2.42. The molecule has 0 bridgehead atoms. The van der Waals surface area contributed by atoms with Crippen LogP contribution < -0.4 is 18.9 Å². The molecule has 7 aromatic heterocycles. The Morgan fingerprint density at radius 2 is 0.899 bits per heavy atom. The second-order valence-electron chi connectivity index (χ2n) is 21.3. The molecule has 0 unspecified atom stereocenters. The van der Waals surface area contributed by atoms with E-state index >= 15 is 8.78 Å². The second-order valence-corrected chi connectivity index (χ2v) is 28.2. The van der Waals surface area contributed by atoms with Crippen LogP contribution in [0.4, 0.5) is 26.3 Å². The minimum Gasteiger partial charge on any atom is -0.495 e. The van der Waals surface area contributed by atoms with Gasteiger partial charge in [0.1, 0.15) is 45.2 Å². The molecule has 9 heterocycles. The number of nitrogens with zero attached hydrogens (tertiary/aromatic N) is 6. The van der Waals surface area contributed by atoms with E-state index in [4.69, 9.17) is 32.1 Å². The van der Waals surface area contributed by atoms with Crippen LogP contribution >= 0.6 is 79.7 Å². The van der Waals surface area contributed by atoms with Gasteiger partial charge < -0.3 is 18.9 Å². The van der Waals surface area contributed by atoms with E-state index in [1.54, 1.807) is 36.4 Å². The van der Waals surface area contributed by atoms with Gasteiger partial charge in [-0.2, -0.15) is 8.75 Å². The van der Waals surface area contributed by atoms with E-state index in [0.717, 1.165) is 56.2 Å². The van der Waals surface area contributed by atoms with Crippen molar-refractivity contribution in [2.24, 2.45) is 0 Å². The number of carbonyl (C=O) groups excluding carboxylic acids is 2. The van der Waals surface area contributed by atoms with E-state index in [0.29, 0.717) is 72.5 Å². The van der Waals surface area contributed by atoms with E-state index in [1.165, 1.54) is 94.4 Å². The first-order chi connectivity index (χ1) is 42.6. The molecule has 4 aliphatic rings. The Morgan fingerprint density at radius 3 is 1.33 bits per heavy atom. The van der Waals surface area contributed by atoms with E-state index in [-0.39, 0.29) is 66.7 Å². The Hall–Kier alpha value is -9.28. The molecule has 2 aliphatic carbocycles. The number of thiophene rings is 6. The fourth-order valence-corrected chi connectivity index (χ4v) is 19.4. The lowest BCUT2D eigenvalue weighted by Crippen LogP contribution is -2.27. The van der Waals surface area contributed by atoms with Gasteiger partial charge in [-0.3, -0.25) is 9.59 Å². The first-order valence-electron chi connectivity index (χ1n) is 26.1. The van der Waals surface area contributed by atoms with Crippen LogP contribution in [0.2, 0.25) is 0 Å². The van der Waals surface area contributed by atoms with E-state index in [9.17, 15) is 37.7 Å². The van der Waals surface area contributed by atoms with Crippen LogP contribution in [0.1, 0.15) is 80.4 Å². The minimum atomic E-state index is -1.25. The maximum absolute atomic E-state index is 17.4.